The molecule has 1 N–H and O–H groups in total. The number of fused-ring (bicyclic) bond motifs is 1. The molecule has 0 saturated carbocycles. The van der Waals surface area contributed by atoms with Crippen LogP contribution in [-0.2, 0) is 27.8 Å². The summed E-state index contributed by atoms with van der Waals surface area (Å²) in [6, 6.07) is 3.78. The first kappa shape index (κ1) is 22.5. The first-order valence-electron chi connectivity index (χ1n) is 9.85. The van der Waals surface area contributed by atoms with Gasteiger partial charge in [-0.05, 0) is 48.9 Å². The molecule has 1 aliphatic rings. The largest absolute Gasteiger partial charge is 0.493 e. The SMILES string of the molecule is CCC(CC)C(=O)NCCCS(=O)(=O)N1CCc2cc(OC)c(OC)cc2C1. The molecule has 0 fully saturated rings. The van der Waals surface area contributed by atoms with Gasteiger partial charge in [-0.1, -0.05) is 13.8 Å². The molecule has 0 radical (unpaired) electrons. The van der Waals surface area contributed by atoms with Gasteiger partial charge in [-0.2, -0.15) is 4.31 Å². The number of hydrogen-bond donors (Lipinski definition) is 1. The highest BCUT2D eigenvalue weighted by atomic mass is 32.2. The smallest absolute Gasteiger partial charge is 0.223 e. The van der Waals surface area contributed by atoms with E-state index in [1.54, 1.807) is 14.2 Å². The van der Waals surface area contributed by atoms with E-state index >= 15 is 0 Å². The molecule has 1 heterocycles. The summed E-state index contributed by atoms with van der Waals surface area (Å²) in [5.41, 5.74) is 2.02. The van der Waals surface area contributed by atoms with Crippen LogP contribution in [0.4, 0.5) is 0 Å². The van der Waals surface area contributed by atoms with E-state index in [-0.39, 0.29) is 17.6 Å². The molecule has 7 nitrogen and oxygen atoms in total. The van der Waals surface area contributed by atoms with Crippen molar-refractivity contribution in [3.8, 4) is 11.5 Å². The van der Waals surface area contributed by atoms with E-state index in [0.29, 0.717) is 44.0 Å². The molecule has 28 heavy (non-hydrogen) atoms. The van der Waals surface area contributed by atoms with Gasteiger partial charge in [0.25, 0.3) is 0 Å². The Hall–Kier alpha value is -1.80. The van der Waals surface area contributed by atoms with Crippen molar-refractivity contribution in [1.29, 1.82) is 0 Å². The van der Waals surface area contributed by atoms with Crippen LogP contribution in [0.3, 0.4) is 0 Å². The van der Waals surface area contributed by atoms with E-state index in [0.717, 1.165) is 24.0 Å². The van der Waals surface area contributed by atoms with Gasteiger partial charge in [0.1, 0.15) is 0 Å². The molecule has 8 heteroatoms. The summed E-state index contributed by atoms with van der Waals surface area (Å²) in [4.78, 5) is 12.0. The molecule has 0 aromatic heterocycles. The van der Waals surface area contributed by atoms with Crippen molar-refractivity contribution in [2.24, 2.45) is 5.92 Å². The summed E-state index contributed by atoms with van der Waals surface area (Å²) in [6.07, 6.45) is 2.63. The molecule has 0 spiro atoms. The van der Waals surface area contributed by atoms with Crippen LogP contribution >= 0.6 is 0 Å². The number of methoxy groups -OCH3 is 2. The van der Waals surface area contributed by atoms with Gasteiger partial charge in [0, 0.05) is 25.6 Å². The fourth-order valence-corrected chi connectivity index (χ4v) is 4.97. The molecular formula is C20H32N2O5S. The molecule has 1 aromatic carbocycles. The lowest BCUT2D eigenvalue weighted by Gasteiger charge is -2.29. The third-order valence-corrected chi connectivity index (χ3v) is 7.21. The summed E-state index contributed by atoms with van der Waals surface area (Å²) in [6.45, 7) is 5.13. The van der Waals surface area contributed by atoms with Gasteiger partial charge in [0.05, 0.1) is 20.0 Å². The van der Waals surface area contributed by atoms with Crippen molar-refractivity contribution in [2.75, 3.05) is 33.1 Å². The second-order valence-electron chi connectivity index (χ2n) is 7.03. The molecule has 0 atom stereocenters. The third-order valence-electron chi connectivity index (χ3n) is 5.31. The topological polar surface area (TPSA) is 84.9 Å². The Labute approximate surface area is 168 Å². The molecule has 0 aliphatic carbocycles. The number of carbonyl (C=O) groups excluding carboxylic acids is 1. The number of nitrogens with zero attached hydrogens (tertiary/aromatic N) is 1. The van der Waals surface area contributed by atoms with Gasteiger partial charge < -0.3 is 14.8 Å². The molecule has 1 aliphatic heterocycles. The van der Waals surface area contributed by atoms with Crippen molar-refractivity contribution in [3.63, 3.8) is 0 Å². The van der Waals surface area contributed by atoms with E-state index < -0.39 is 10.0 Å². The predicted octanol–water partition coefficient (Wildman–Crippen LogP) is 2.33. The summed E-state index contributed by atoms with van der Waals surface area (Å²) in [7, 11) is -0.225. The first-order chi connectivity index (χ1) is 13.4. The second-order valence-corrected chi connectivity index (χ2v) is 9.12. The standard InChI is InChI=1S/C20H32N2O5S/c1-5-15(6-2)20(23)21-9-7-11-28(24,25)22-10-8-16-12-18(26-3)19(27-4)13-17(16)14-22/h12-13,15H,5-11,14H2,1-4H3,(H,21,23). The van der Waals surface area contributed by atoms with E-state index in [1.165, 1.54) is 4.31 Å². The highest BCUT2D eigenvalue weighted by Gasteiger charge is 2.27. The van der Waals surface area contributed by atoms with Gasteiger partial charge in [-0.25, -0.2) is 8.42 Å². The maximum absolute atomic E-state index is 12.7. The quantitative estimate of drug-likeness (QED) is 0.596. The van der Waals surface area contributed by atoms with Crippen molar-refractivity contribution in [3.05, 3.63) is 23.3 Å². The number of benzene rings is 1. The zero-order valence-corrected chi connectivity index (χ0v) is 18.1. The zero-order valence-electron chi connectivity index (χ0n) is 17.3. The van der Waals surface area contributed by atoms with Crippen LogP contribution in [0.15, 0.2) is 12.1 Å². The number of ether oxygens (including phenoxy) is 2. The van der Waals surface area contributed by atoms with E-state index in [9.17, 15) is 13.2 Å². The summed E-state index contributed by atoms with van der Waals surface area (Å²) >= 11 is 0. The van der Waals surface area contributed by atoms with Gasteiger partial charge in [-0.15, -0.1) is 0 Å². The minimum atomic E-state index is -3.38. The number of hydrogen-bond acceptors (Lipinski definition) is 5. The summed E-state index contributed by atoms with van der Waals surface area (Å²) < 4.78 is 37.6. The Morgan fingerprint density at radius 3 is 2.32 bits per heavy atom. The average Bonchev–Trinajstić information content (AvgIpc) is 2.70. The van der Waals surface area contributed by atoms with Crippen LogP contribution < -0.4 is 14.8 Å². The Morgan fingerprint density at radius 1 is 1.14 bits per heavy atom. The normalized spacial score (nSPS) is 14.6. The van der Waals surface area contributed by atoms with Gasteiger partial charge >= 0.3 is 0 Å². The minimum absolute atomic E-state index is 0.00201. The number of sulfonamides is 1. The van der Waals surface area contributed by atoms with Gasteiger partial charge in [-0.3, -0.25) is 4.79 Å². The predicted molar refractivity (Wildman–Crippen MR) is 109 cm³/mol. The molecule has 158 valence electrons. The van der Waals surface area contributed by atoms with Crippen LogP contribution in [0.25, 0.3) is 0 Å². The number of amides is 1. The van der Waals surface area contributed by atoms with Crippen LogP contribution in [0.2, 0.25) is 0 Å². The van der Waals surface area contributed by atoms with E-state index in [1.807, 2.05) is 26.0 Å². The lowest BCUT2D eigenvalue weighted by molar-refractivity contribution is -0.125. The van der Waals surface area contributed by atoms with Crippen LogP contribution in [0, 0.1) is 5.92 Å². The molecular weight excluding hydrogens is 380 g/mol. The fourth-order valence-electron chi connectivity index (χ4n) is 3.49. The van der Waals surface area contributed by atoms with E-state index in [4.69, 9.17) is 9.47 Å². The molecule has 1 amide bonds. The molecule has 0 saturated heterocycles. The van der Waals surface area contributed by atoms with Crippen molar-refractivity contribution < 1.29 is 22.7 Å². The number of nitrogens with one attached hydrogen (secondary N) is 1. The van der Waals surface area contributed by atoms with Crippen LogP contribution in [0.1, 0.15) is 44.2 Å². The maximum Gasteiger partial charge on any atom is 0.223 e. The highest BCUT2D eigenvalue weighted by Crippen LogP contribution is 2.33. The fraction of sp³-hybridized carbons (Fsp3) is 0.650. The van der Waals surface area contributed by atoms with Crippen molar-refractivity contribution >= 4 is 15.9 Å². The summed E-state index contributed by atoms with van der Waals surface area (Å²) in [5, 5.41) is 2.85. The third kappa shape index (κ3) is 5.38. The Balaban J connectivity index is 1.94. The van der Waals surface area contributed by atoms with E-state index in [2.05, 4.69) is 5.32 Å². The van der Waals surface area contributed by atoms with Gasteiger partial charge in [0.2, 0.25) is 15.9 Å². The molecule has 0 unspecified atom stereocenters. The minimum Gasteiger partial charge on any atom is -0.493 e. The summed E-state index contributed by atoms with van der Waals surface area (Å²) in [5.74, 6) is 1.30. The van der Waals surface area contributed by atoms with Gasteiger partial charge in [0.15, 0.2) is 11.5 Å². The van der Waals surface area contributed by atoms with Crippen LogP contribution in [-0.4, -0.2) is 51.7 Å². The Morgan fingerprint density at radius 2 is 1.75 bits per heavy atom. The lowest BCUT2D eigenvalue weighted by Crippen LogP contribution is -2.38. The molecule has 1 aromatic rings. The number of carbonyl (C=O) groups is 1. The lowest BCUT2D eigenvalue weighted by atomic mass is 10.0. The first-order valence-corrected chi connectivity index (χ1v) is 11.5. The zero-order chi connectivity index (χ0) is 20.7. The second kappa shape index (κ2) is 10.1. The highest BCUT2D eigenvalue weighted by molar-refractivity contribution is 7.89. The number of rotatable bonds is 10. The maximum atomic E-state index is 12.7. The molecule has 2 rings (SSSR count). The monoisotopic (exact) mass is 412 g/mol. The Bertz CT molecular complexity index is 775. The van der Waals surface area contributed by atoms with Crippen LogP contribution in [0.5, 0.6) is 11.5 Å². The molecule has 0 bridgehead atoms. The van der Waals surface area contributed by atoms with Crippen molar-refractivity contribution in [1.82, 2.24) is 9.62 Å². The Kier molecular flexibility index (Phi) is 8.12. The average molecular weight is 413 g/mol. The van der Waals surface area contributed by atoms with Crippen molar-refractivity contribution in [2.45, 2.75) is 46.1 Å².